The van der Waals surface area contributed by atoms with Gasteiger partial charge in [0.2, 0.25) is 0 Å². The lowest BCUT2D eigenvalue weighted by molar-refractivity contribution is 0.0920. The van der Waals surface area contributed by atoms with Gasteiger partial charge in [0.1, 0.15) is 5.75 Å². The molecule has 21 heavy (non-hydrogen) atoms. The molecule has 0 atom stereocenters. The van der Waals surface area contributed by atoms with Crippen LogP contribution >= 0.6 is 0 Å². The number of para-hydroxylation sites is 1. The van der Waals surface area contributed by atoms with E-state index in [0.29, 0.717) is 23.9 Å². The molecule has 0 bridgehead atoms. The maximum atomic E-state index is 12.4. The van der Waals surface area contributed by atoms with Gasteiger partial charge >= 0.3 is 0 Å². The van der Waals surface area contributed by atoms with Crippen LogP contribution in [0.15, 0.2) is 24.3 Å². The smallest absolute Gasteiger partial charge is 0.180 e. The molecule has 3 nitrogen and oxygen atoms in total. The minimum absolute atomic E-state index is 0.000567. The van der Waals surface area contributed by atoms with E-state index < -0.39 is 0 Å². The fraction of sp³-hybridized carbons (Fsp3) is 0.611. The van der Waals surface area contributed by atoms with Crippen LogP contribution in [-0.4, -0.2) is 35.4 Å². The number of carbonyl (C=O) groups excluding carboxylic acids is 1. The van der Waals surface area contributed by atoms with Crippen molar-refractivity contribution in [1.82, 2.24) is 4.90 Å². The van der Waals surface area contributed by atoms with Crippen LogP contribution in [0, 0.1) is 11.8 Å². The van der Waals surface area contributed by atoms with E-state index in [1.807, 2.05) is 0 Å². The lowest BCUT2D eigenvalue weighted by atomic mass is 10.1. The second kappa shape index (κ2) is 8.83. The number of benzene rings is 1. The van der Waals surface area contributed by atoms with Crippen molar-refractivity contribution >= 4 is 5.78 Å². The molecular weight excluding hydrogens is 262 g/mol. The normalized spacial score (nSPS) is 11.6. The third-order valence-electron chi connectivity index (χ3n) is 3.62. The summed E-state index contributed by atoms with van der Waals surface area (Å²) in [5.74, 6) is 1.34. The second-order valence-electron chi connectivity index (χ2n) is 6.58. The Morgan fingerprint density at radius 3 is 2.05 bits per heavy atom. The molecule has 3 heteroatoms. The Kier molecular flexibility index (Phi) is 7.44. The highest BCUT2D eigenvalue weighted by atomic mass is 16.3. The first-order valence-corrected chi connectivity index (χ1v) is 7.93. The van der Waals surface area contributed by atoms with Gasteiger partial charge in [-0.05, 0) is 49.9 Å². The monoisotopic (exact) mass is 291 g/mol. The van der Waals surface area contributed by atoms with Crippen LogP contribution in [0.1, 0.15) is 50.9 Å². The summed E-state index contributed by atoms with van der Waals surface area (Å²) < 4.78 is 0. The first kappa shape index (κ1) is 17.7. The predicted octanol–water partition coefficient (Wildman–Crippen LogP) is 3.97. The molecule has 0 saturated carbocycles. The zero-order valence-electron chi connectivity index (χ0n) is 13.8. The molecule has 0 aromatic heterocycles. The van der Waals surface area contributed by atoms with Crippen molar-refractivity contribution in [2.24, 2.45) is 11.8 Å². The molecule has 0 unspecified atom stereocenters. The van der Waals surface area contributed by atoms with Crippen molar-refractivity contribution in [1.29, 1.82) is 0 Å². The van der Waals surface area contributed by atoms with Crippen LogP contribution in [0.5, 0.6) is 5.75 Å². The molecule has 0 aliphatic rings. The van der Waals surface area contributed by atoms with Crippen LogP contribution in [0.3, 0.4) is 0 Å². The molecule has 1 aromatic carbocycles. The minimum Gasteiger partial charge on any atom is -0.507 e. The van der Waals surface area contributed by atoms with Gasteiger partial charge in [0, 0.05) is 0 Å². The number of aromatic hydroxyl groups is 1. The fourth-order valence-corrected chi connectivity index (χ4v) is 2.15. The van der Waals surface area contributed by atoms with Gasteiger partial charge in [-0.1, -0.05) is 39.8 Å². The molecule has 1 N–H and O–H groups in total. The Bertz CT molecular complexity index is 429. The van der Waals surface area contributed by atoms with Gasteiger partial charge in [-0.25, -0.2) is 0 Å². The van der Waals surface area contributed by atoms with Crippen LogP contribution in [0.4, 0.5) is 0 Å². The zero-order valence-corrected chi connectivity index (χ0v) is 13.8. The maximum Gasteiger partial charge on any atom is 0.180 e. The molecule has 118 valence electrons. The lowest BCUT2D eigenvalue weighted by Gasteiger charge is -2.23. The van der Waals surface area contributed by atoms with Crippen molar-refractivity contribution < 1.29 is 9.90 Å². The highest BCUT2D eigenvalue weighted by molar-refractivity contribution is 5.99. The van der Waals surface area contributed by atoms with Crippen molar-refractivity contribution in [2.45, 2.75) is 40.5 Å². The first-order chi connectivity index (χ1) is 9.90. The van der Waals surface area contributed by atoms with Crippen LogP contribution in [0.2, 0.25) is 0 Å². The SMILES string of the molecule is CC(C)CCN(CCC(C)C)CC(=O)c1ccccc1O. The van der Waals surface area contributed by atoms with E-state index in [1.54, 1.807) is 24.3 Å². The molecule has 0 amide bonds. The molecule has 0 saturated heterocycles. The fourth-order valence-electron chi connectivity index (χ4n) is 2.15. The van der Waals surface area contributed by atoms with Crippen LogP contribution in [-0.2, 0) is 0 Å². The molecule has 0 heterocycles. The van der Waals surface area contributed by atoms with Crippen molar-refractivity contribution in [3.05, 3.63) is 29.8 Å². The topological polar surface area (TPSA) is 40.5 Å². The second-order valence-corrected chi connectivity index (χ2v) is 6.58. The highest BCUT2D eigenvalue weighted by Gasteiger charge is 2.15. The van der Waals surface area contributed by atoms with E-state index in [4.69, 9.17) is 0 Å². The van der Waals surface area contributed by atoms with Crippen LogP contribution < -0.4 is 0 Å². The molecule has 0 aliphatic heterocycles. The number of hydrogen-bond donors (Lipinski definition) is 1. The minimum atomic E-state index is 0.000567. The molecule has 0 fully saturated rings. The van der Waals surface area contributed by atoms with Gasteiger partial charge in [0.15, 0.2) is 5.78 Å². The van der Waals surface area contributed by atoms with E-state index >= 15 is 0 Å². The number of Topliss-reactive ketones (excluding diaryl/α,β-unsaturated/α-hetero) is 1. The lowest BCUT2D eigenvalue weighted by Crippen LogP contribution is -2.33. The third kappa shape index (κ3) is 6.76. The third-order valence-corrected chi connectivity index (χ3v) is 3.62. The van der Waals surface area contributed by atoms with E-state index in [2.05, 4.69) is 32.6 Å². The summed E-state index contributed by atoms with van der Waals surface area (Å²) in [5, 5.41) is 9.79. The Balaban J connectivity index is 2.65. The Hall–Kier alpha value is -1.35. The van der Waals surface area contributed by atoms with Crippen molar-refractivity contribution in [3.63, 3.8) is 0 Å². The zero-order chi connectivity index (χ0) is 15.8. The van der Waals surface area contributed by atoms with Gasteiger partial charge in [-0.2, -0.15) is 0 Å². The molecular formula is C18H29NO2. The predicted molar refractivity (Wildman–Crippen MR) is 87.8 cm³/mol. The van der Waals surface area contributed by atoms with E-state index in [9.17, 15) is 9.90 Å². The standard InChI is InChI=1S/C18H29NO2/c1-14(2)9-11-19(12-10-15(3)4)13-18(21)16-7-5-6-8-17(16)20/h5-8,14-15,20H,9-13H2,1-4H3. The van der Waals surface area contributed by atoms with Gasteiger partial charge in [0.25, 0.3) is 0 Å². The van der Waals surface area contributed by atoms with Crippen molar-refractivity contribution in [2.75, 3.05) is 19.6 Å². The number of nitrogens with zero attached hydrogens (tertiary/aromatic N) is 1. The first-order valence-electron chi connectivity index (χ1n) is 7.93. The summed E-state index contributed by atoms with van der Waals surface area (Å²) in [7, 11) is 0. The Morgan fingerprint density at radius 2 is 1.57 bits per heavy atom. The summed E-state index contributed by atoms with van der Waals surface area (Å²) in [5.41, 5.74) is 0.427. The number of carbonyl (C=O) groups is 1. The average Bonchev–Trinajstić information content (AvgIpc) is 2.41. The van der Waals surface area contributed by atoms with E-state index in [0.717, 1.165) is 25.9 Å². The average molecular weight is 291 g/mol. The molecule has 0 radical (unpaired) electrons. The number of rotatable bonds is 9. The Morgan fingerprint density at radius 1 is 1.05 bits per heavy atom. The van der Waals surface area contributed by atoms with Crippen LogP contribution in [0.25, 0.3) is 0 Å². The maximum absolute atomic E-state index is 12.4. The Labute approximate surface area is 129 Å². The number of phenols is 1. The van der Waals surface area contributed by atoms with Gasteiger partial charge in [-0.3, -0.25) is 9.69 Å². The highest BCUT2D eigenvalue weighted by Crippen LogP contribution is 2.17. The quantitative estimate of drug-likeness (QED) is 0.700. The molecule has 1 aromatic rings. The van der Waals surface area contributed by atoms with E-state index in [1.165, 1.54) is 0 Å². The summed E-state index contributed by atoms with van der Waals surface area (Å²) in [6.07, 6.45) is 2.18. The van der Waals surface area contributed by atoms with Gasteiger partial charge in [-0.15, -0.1) is 0 Å². The molecule has 0 aliphatic carbocycles. The summed E-state index contributed by atoms with van der Waals surface area (Å²) in [6, 6.07) is 6.79. The number of ketones is 1. The summed E-state index contributed by atoms with van der Waals surface area (Å²) >= 11 is 0. The molecule has 1 rings (SSSR count). The summed E-state index contributed by atoms with van der Waals surface area (Å²) in [6.45, 7) is 11.1. The largest absolute Gasteiger partial charge is 0.507 e. The number of phenolic OH excluding ortho intramolecular Hbond substituents is 1. The van der Waals surface area contributed by atoms with Crippen molar-refractivity contribution in [3.8, 4) is 5.75 Å². The number of hydrogen-bond acceptors (Lipinski definition) is 3. The summed E-state index contributed by atoms with van der Waals surface area (Å²) in [4.78, 5) is 14.6. The van der Waals surface area contributed by atoms with Gasteiger partial charge in [0.05, 0.1) is 12.1 Å². The van der Waals surface area contributed by atoms with Gasteiger partial charge < -0.3 is 5.11 Å². The molecule has 0 spiro atoms. The van der Waals surface area contributed by atoms with E-state index in [-0.39, 0.29) is 11.5 Å².